The fourth-order valence-corrected chi connectivity index (χ4v) is 4.58. The Morgan fingerprint density at radius 2 is 1.75 bits per heavy atom. The Morgan fingerprint density at radius 3 is 2.46 bits per heavy atom. The molecule has 2 aliphatic rings. The molecule has 0 N–H and O–H groups in total. The molecule has 148 valence electrons. The van der Waals surface area contributed by atoms with Gasteiger partial charge in [-0.25, -0.2) is 4.39 Å². The Bertz CT molecular complexity index is 818. The SMILES string of the molecule is CC(=O)N1CCC(N2CCCC(c3nccnc3-c3ccc(F)cc3)C2)CC1. The van der Waals surface area contributed by atoms with Crippen molar-refractivity contribution in [3.63, 3.8) is 0 Å². The molecule has 0 aliphatic carbocycles. The molecular weight excluding hydrogens is 355 g/mol. The van der Waals surface area contributed by atoms with Gasteiger partial charge in [-0.2, -0.15) is 0 Å². The topological polar surface area (TPSA) is 49.3 Å². The number of piperidine rings is 2. The lowest BCUT2D eigenvalue weighted by molar-refractivity contribution is -0.130. The second kappa shape index (κ2) is 8.35. The van der Waals surface area contributed by atoms with E-state index in [1.165, 1.54) is 12.1 Å². The van der Waals surface area contributed by atoms with Gasteiger partial charge in [0, 0.05) is 56.5 Å². The minimum absolute atomic E-state index is 0.179. The number of nitrogens with zero attached hydrogens (tertiary/aromatic N) is 4. The molecular formula is C22H27FN4O. The molecule has 4 rings (SSSR count). The maximum atomic E-state index is 13.3. The number of rotatable bonds is 3. The summed E-state index contributed by atoms with van der Waals surface area (Å²) in [5.41, 5.74) is 2.79. The van der Waals surface area contributed by atoms with Gasteiger partial charge in [-0.15, -0.1) is 0 Å². The number of carbonyl (C=O) groups excluding carboxylic acids is 1. The molecule has 2 aliphatic heterocycles. The Hall–Kier alpha value is -2.34. The van der Waals surface area contributed by atoms with Gasteiger partial charge in [0.15, 0.2) is 0 Å². The zero-order valence-corrected chi connectivity index (χ0v) is 16.4. The molecule has 0 bridgehead atoms. The molecule has 2 fully saturated rings. The van der Waals surface area contributed by atoms with E-state index in [1.807, 2.05) is 4.90 Å². The van der Waals surface area contributed by atoms with Crippen molar-refractivity contribution >= 4 is 5.91 Å². The standard InChI is InChI=1S/C22H27FN4O/c1-16(28)26-13-8-20(9-14-26)27-12-2-3-18(15-27)22-21(24-10-11-25-22)17-4-6-19(23)7-5-17/h4-7,10-11,18,20H,2-3,8-9,12-15H2,1H3. The summed E-state index contributed by atoms with van der Waals surface area (Å²) in [6.07, 6.45) is 7.77. The van der Waals surface area contributed by atoms with Crippen LogP contribution < -0.4 is 0 Å². The van der Waals surface area contributed by atoms with Crippen molar-refractivity contribution in [1.29, 1.82) is 0 Å². The lowest BCUT2D eigenvalue weighted by atomic mass is 9.89. The molecule has 5 nitrogen and oxygen atoms in total. The molecule has 1 aromatic carbocycles. The Kier molecular flexibility index (Phi) is 5.67. The quantitative estimate of drug-likeness (QED) is 0.816. The zero-order chi connectivity index (χ0) is 19.5. The maximum Gasteiger partial charge on any atom is 0.219 e. The average molecular weight is 382 g/mol. The summed E-state index contributed by atoms with van der Waals surface area (Å²) in [5.74, 6) is 0.266. The molecule has 1 amide bonds. The van der Waals surface area contributed by atoms with Crippen LogP contribution in [0.1, 0.15) is 44.2 Å². The number of halogens is 1. The highest BCUT2D eigenvalue weighted by Gasteiger charge is 2.31. The predicted octanol–water partition coefficient (Wildman–Crippen LogP) is 3.47. The first-order valence-electron chi connectivity index (χ1n) is 10.2. The highest BCUT2D eigenvalue weighted by atomic mass is 19.1. The average Bonchev–Trinajstić information content (AvgIpc) is 2.74. The number of amides is 1. The summed E-state index contributed by atoms with van der Waals surface area (Å²) in [6.45, 7) is 5.44. The van der Waals surface area contributed by atoms with Crippen molar-refractivity contribution in [3.8, 4) is 11.3 Å². The van der Waals surface area contributed by atoms with E-state index in [1.54, 1.807) is 31.5 Å². The zero-order valence-electron chi connectivity index (χ0n) is 16.4. The summed E-state index contributed by atoms with van der Waals surface area (Å²) in [5, 5.41) is 0. The van der Waals surface area contributed by atoms with Crippen molar-refractivity contribution in [1.82, 2.24) is 19.8 Å². The molecule has 1 unspecified atom stereocenters. The molecule has 1 atom stereocenters. The third-order valence-corrected chi connectivity index (χ3v) is 6.11. The number of aromatic nitrogens is 2. The van der Waals surface area contributed by atoms with Crippen molar-refractivity contribution < 1.29 is 9.18 Å². The number of benzene rings is 1. The van der Waals surface area contributed by atoms with E-state index in [2.05, 4.69) is 14.9 Å². The van der Waals surface area contributed by atoms with Crippen LogP contribution in [-0.2, 0) is 4.79 Å². The van der Waals surface area contributed by atoms with Gasteiger partial charge < -0.3 is 4.90 Å². The van der Waals surface area contributed by atoms with Crippen molar-refractivity contribution in [2.24, 2.45) is 0 Å². The van der Waals surface area contributed by atoms with Gasteiger partial charge in [0.05, 0.1) is 11.4 Å². The lowest BCUT2D eigenvalue weighted by Gasteiger charge is -2.42. The van der Waals surface area contributed by atoms with E-state index in [0.29, 0.717) is 12.0 Å². The molecule has 0 radical (unpaired) electrons. The number of hydrogen-bond acceptors (Lipinski definition) is 4. The Morgan fingerprint density at radius 1 is 1.04 bits per heavy atom. The molecule has 1 aromatic heterocycles. The van der Waals surface area contributed by atoms with Crippen molar-refractivity contribution in [2.75, 3.05) is 26.2 Å². The van der Waals surface area contributed by atoms with Crippen LogP contribution in [0.3, 0.4) is 0 Å². The second-order valence-electron chi connectivity index (χ2n) is 7.87. The summed E-state index contributed by atoms with van der Waals surface area (Å²) >= 11 is 0. The van der Waals surface area contributed by atoms with Gasteiger partial charge in [0.1, 0.15) is 5.82 Å². The van der Waals surface area contributed by atoms with Gasteiger partial charge in [0.25, 0.3) is 0 Å². The van der Waals surface area contributed by atoms with Crippen LogP contribution in [0.2, 0.25) is 0 Å². The molecule has 3 heterocycles. The molecule has 28 heavy (non-hydrogen) atoms. The van der Waals surface area contributed by atoms with Crippen LogP contribution in [0.25, 0.3) is 11.3 Å². The third-order valence-electron chi connectivity index (χ3n) is 6.11. The fourth-order valence-electron chi connectivity index (χ4n) is 4.58. The number of hydrogen-bond donors (Lipinski definition) is 0. The van der Waals surface area contributed by atoms with E-state index in [4.69, 9.17) is 0 Å². The predicted molar refractivity (Wildman–Crippen MR) is 106 cm³/mol. The first-order chi connectivity index (χ1) is 13.6. The van der Waals surface area contributed by atoms with Gasteiger partial charge in [0.2, 0.25) is 5.91 Å². The van der Waals surface area contributed by atoms with E-state index < -0.39 is 0 Å². The molecule has 2 saturated heterocycles. The highest BCUT2D eigenvalue weighted by Crippen LogP contribution is 2.33. The fraction of sp³-hybridized carbons (Fsp3) is 0.500. The summed E-state index contributed by atoms with van der Waals surface area (Å²) in [4.78, 5) is 25.4. The summed E-state index contributed by atoms with van der Waals surface area (Å²) in [7, 11) is 0. The van der Waals surface area contributed by atoms with Crippen LogP contribution in [0.15, 0.2) is 36.7 Å². The van der Waals surface area contributed by atoms with Crippen LogP contribution in [0.4, 0.5) is 4.39 Å². The van der Waals surface area contributed by atoms with E-state index >= 15 is 0 Å². The van der Waals surface area contributed by atoms with Crippen LogP contribution >= 0.6 is 0 Å². The normalized spacial score (nSPS) is 21.6. The van der Waals surface area contributed by atoms with Crippen molar-refractivity contribution in [2.45, 2.75) is 44.6 Å². The van der Waals surface area contributed by atoms with Crippen molar-refractivity contribution in [3.05, 3.63) is 48.2 Å². The van der Waals surface area contributed by atoms with Gasteiger partial charge in [-0.05, 0) is 56.5 Å². The first kappa shape index (κ1) is 19.0. The van der Waals surface area contributed by atoms with Gasteiger partial charge in [-0.3, -0.25) is 19.7 Å². The minimum Gasteiger partial charge on any atom is -0.343 e. The molecule has 2 aromatic rings. The maximum absolute atomic E-state index is 13.3. The smallest absolute Gasteiger partial charge is 0.219 e. The van der Waals surface area contributed by atoms with E-state index in [9.17, 15) is 9.18 Å². The van der Waals surface area contributed by atoms with Gasteiger partial charge >= 0.3 is 0 Å². The molecule has 6 heteroatoms. The number of carbonyl (C=O) groups is 1. The number of likely N-dealkylation sites (tertiary alicyclic amines) is 2. The van der Waals surface area contributed by atoms with E-state index in [0.717, 1.165) is 68.8 Å². The minimum atomic E-state index is -0.241. The largest absolute Gasteiger partial charge is 0.343 e. The summed E-state index contributed by atoms with van der Waals surface area (Å²) in [6, 6.07) is 7.04. The third kappa shape index (κ3) is 4.07. The lowest BCUT2D eigenvalue weighted by Crippen LogP contribution is -2.49. The highest BCUT2D eigenvalue weighted by molar-refractivity contribution is 5.73. The summed E-state index contributed by atoms with van der Waals surface area (Å²) < 4.78 is 13.3. The monoisotopic (exact) mass is 382 g/mol. The van der Waals surface area contributed by atoms with Gasteiger partial charge in [-0.1, -0.05) is 0 Å². The Labute approximate surface area is 165 Å². The molecule has 0 saturated carbocycles. The van der Waals surface area contributed by atoms with Crippen LogP contribution in [0, 0.1) is 5.82 Å². The van der Waals surface area contributed by atoms with Crippen LogP contribution in [-0.4, -0.2) is 57.9 Å². The Balaban J connectivity index is 1.50. The second-order valence-corrected chi connectivity index (χ2v) is 7.87. The first-order valence-corrected chi connectivity index (χ1v) is 10.2. The molecule has 0 spiro atoms. The van der Waals surface area contributed by atoms with E-state index in [-0.39, 0.29) is 11.7 Å². The van der Waals surface area contributed by atoms with Crippen LogP contribution in [0.5, 0.6) is 0 Å².